The fraction of sp³-hybridized carbons (Fsp3) is 0.462. The first-order valence-electron chi connectivity index (χ1n) is 5.85. The van der Waals surface area contributed by atoms with Crippen LogP contribution in [-0.2, 0) is 0 Å². The van der Waals surface area contributed by atoms with Gasteiger partial charge in [0.15, 0.2) is 5.11 Å². The molecule has 1 N–H and O–H groups in total. The average molecular weight is 252 g/mol. The topological polar surface area (TPSA) is 24.5 Å². The van der Waals surface area contributed by atoms with E-state index in [1.165, 1.54) is 0 Å². The fourth-order valence-electron chi connectivity index (χ4n) is 1.25. The average Bonchev–Trinajstić information content (AvgIpc) is 2.31. The van der Waals surface area contributed by atoms with Gasteiger partial charge in [-0.25, -0.2) is 0 Å². The third kappa shape index (κ3) is 4.61. The predicted molar refractivity (Wildman–Crippen MR) is 76.8 cm³/mol. The molecule has 0 bridgehead atoms. The van der Waals surface area contributed by atoms with Crippen molar-refractivity contribution < 1.29 is 4.74 Å². The lowest BCUT2D eigenvalue weighted by Crippen LogP contribution is -2.27. The molecule has 94 valence electrons. The van der Waals surface area contributed by atoms with Crippen LogP contribution >= 0.6 is 12.2 Å². The lowest BCUT2D eigenvalue weighted by atomic mass is 10.3. The lowest BCUT2D eigenvalue weighted by molar-refractivity contribution is 0.311. The van der Waals surface area contributed by atoms with Crippen LogP contribution in [0.3, 0.4) is 0 Å². The second-order valence-corrected chi connectivity index (χ2v) is 4.41. The Bertz CT molecular complexity index is 366. The van der Waals surface area contributed by atoms with E-state index in [0.29, 0.717) is 5.11 Å². The molecule has 0 spiro atoms. The molecule has 0 aromatic heterocycles. The highest BCUT2D eigenvalue weighted by molar-refractivity contribution is 7.80. The minimum absolute atomic E-state index is 0.677. The molecule has 17 heavy (non-hydrogen) atoms. The van der Waals surface area contributed by atoms with Crippen LogP contribution in [0.5, 0.6) is 5.75 Å². The number of ether oxygens (including phenoxy) is 1. The number of hydrogen-bond donors (Lipinski definition) is 1. The maximum atomic E-state index is 5.72. The molecule has 1 rings (SSSR count). The van der Waals surface area contributed by atoms with Crippen LogP contribution in [0, 0.1) is 0 Å². The maximum Gasteiger partial charge on any atom is 0.172 e. The van der Waals surface area contributed by atoms with E-state index in [-0.39, 0.29) is 0 Å². The molecule has 0 aliphatic heterocycles. The Labute approximate surface area is 109 Å². The van der Waals surface area contributed by atoms with Crippen molar-refractivity contribution in [3.63, 3.8) is 0 Å². The quantitative estimate of drug-likeness (QED) is 0.643. The minimum atomic E-state index is 0.677. The van der Waals surface area contributed by atoms with E-state index < -0.39 is 0 Å². The molecule has 4 heteroatoms. The summed E-state index contributed by atoms with van der Waals surface area (Å²) in [6, 6.07) is 7.85. The van der Waals surface area contributed by atoms with E-state index in [1.54, 1.807) is 0 Å². The van der Waals surface area contributed by atoms with Crippen molar-refractivity contribution in [3.8, 4) is 5.75 Å². The molecular formula is C13H20N2OS. The van der Waals surface area contributed by atoms with Gasteiger partial charge in [-0.05, 0) is 30.8 Å². The van der Waals surface area contributed by atoms with Gasteiger partial charge in [0.1, 0.15) is 5.75 Å². The van der Waals surface area contributed by atoms with Crippen LogP contribution in [0.15, 0.2) is 24.3 Å². The molecule has 0 saturated carbocycles. The van der Waals surface area contributed by atoms with Crippen molar-refractivity contribution in [1.82, 2.24) is 4.90 Å². The van der Waals surface area contributed by atoms with Gasteiger partial charge in [0.05, 0.1) is 12.3 Å². The molecule has 0 aliphatic rings. The largest absolute Gasteiger partial charge is 0.491 e. The maximum absolute atomic E-state index is 5.72. The van der Waals surface area contributed by atoms with Crippen LogP contribution in [0.4, 0.5) is 5.69 Å². The van der Waals surface area contributed by atoms with Crippen molar-refractivity contribution in [2.24, 2.45) is 0 Å². The third-order valence-corrected chi connectivity index (χ3v) is 2.76. The summed E-state index contributed by atoms with van der Waals surface area (Å²) in [6.45, 7) is 2.89. The highest BCUT2D eigenvalue weighted by atomic mass is 32.1. The van der Waals surface area contributed by atoms with Crippen LogP contribution in [0.2, 0.25) is 0 Å². The standard InChI is InChI=1S/C13H20N2OS/c1-4-5-10-16-12-9-7-6-8-11(12)14-13(17)15(2)3/h6-9H,4-5,10H2,1-3H3,(H,14,17). The summed E-state index contributed by atoms with van der Waals surface area (Å²) in [7, 11) is 3.83. The number of para-hydroxylation sites is 2. The van der Waals surface area contributed by atoms with Crippen molar-refractivity contribution in [1.29, 1.82) is 0 Å². The molecule has 0 radical (unpaired) electrons. The van der Waals surface area contributed by atoms with Crippen LogP contribution < -0.4 is 10.1 Å². The van der Waals surface area contributed by atoms with E-state index in [4.69, 9.17) is 17.0 Å². The summed E-state index contributed by atoms with van der Waals surface area (Å²) >= 11 is 5.21. The molecule has 0 amide bonds. The van der Waals surface area contributed by atoms with Crippen LogP contribution in [0.1, 0.15) is 19.8 Å². The predicted octanol–water partition coefficient (Wildman–Crippen LogP) is 3.12. The Hall–Kier alpha value is -1.29. The Kier molecular flexibility index (Phi) is 5.77. The molecule has 1 aromatic carbocycles. The first-order chi connectivity index (χ1) is 8.15. The van der Waals surface area contributed by atoms with E-state index in [2.05, 4.69) is 12.2 Å². The Balaban J connectivity index is 2.67. The van der Waals surface area contributed by atoms with Gasteiger partial charge in [-0.15, -0.1) is 0 Å². The Morgan fingerprint density at radius 1 is 1.35 bits per heavy atom. The monoisotopic (exact) mass is 252 g/mol. The first-order valence-corrected chi connectivity index (χ1v) is 6.26. The van der Waals surface area contributed by atoms with E-state index in [1.807, 2.05) is 43.3 Å². The SMILES string of the molecule is CCCCOc1ccccc1NC(=S)N(C)C. The number of hydrogen-bond acceptors (Lipinski definition) is 2. The second-order valence-electron chi connectivity index (χ2n) is 4.02. The summed E-state index contributed by atoms with van der Waals surface area (Å²) in [4.78, 5) is 1.86. The summed E-state index contributed by atoms with van der Waals surface area (Å²) in [5.41, 5.74) is 0.919. The number of nitrogens with one attached hydrogen (secondary N) is 1. The Morgan fingerprint density at radius 2 is 2.06 bits per heavy atom. The molecular weight excluding hydrogens is 232 g/mol. The number of nitrogens with zero attached hydrogens (tertiary/aromatic N) is 1. The summed E-state index contributed by atoms with van der Waals surface area (Å²) in [6.07, 6.45) is 2.19. The van der Waals surface area contributed by atoms with Gasteiger partial charge in [0.2, 0.25) is 0 Å². The van der Waals surface area contributed by atoms with E-state index in [0.717, 1.165) is 30.9 Å². The molecule has 0 atom stereocenters. The lowest BCUT2D eigenvalue weighted by Gasteiger charge is -2.17. The molecule has 0 fully saturated rings. The highest BCUT2D eigenvalue weighted by Gasteiger charge is 2.05. The zero-order chi connectivity index (χ0) is 12.7. The second kappa shape index (κ2) is 7.12. The molecule has 1 aromatic rings. The van der Waals surface area contributed by atoms with Crippen LogP contribution in [-0.4, -0.2) is 30.7 Å². The van der Waals surface area contributed by atoms with Gasteiger partial charge in [0.25, 0.3) is 0 Å². The first kappa shape index (κ1) is 13.8. The van der Waals surface area contributed by atoms with Crippen molar-refractivity contribution in [2.45, 2.75) is 19.8 Å². The van der Waals surface area contributed by atoms with Crippen molar-refractivity contribution in [2.75, 3.05) is 26.0 Å². The van der Waals surface area contributed by atoms with Crippen molar-refractivity contribution >= 4 is 23.0 Å². The Morgan fingerprint density at radius 3 is 2.71 bits per heavy atom. The minimum Gasteiger partial charge on any atom is -0.491 e. The zero-order valence-corrected chi connectivity index (χ0v) is 11.5. The van der Waals surface area contributed by atoms with Gasteiger partial charge in [-0.3, -0.25) is 0 Å². The number of thiocarbonyl (C=S) groups is 1. The third-order valence-electron chi connectivity index (χ3n) is 2.29. The molecule has 0 saturated heterocycles. The molecule has 0 aliphatic carbocycles. The molecule has 0 unspecified atom stereocenters. The number of rotatable bonds is 5. The fourth-order valence-corrected chi connectivity index (χ4v) is 1.36. The number of anilines is 1. The van der Waals surface area contributed by atoms with Crippen molar-refractivity contribution in [3.05, 3.63) is 24.3 Å². The van der Waals surface area contributed by atoms with Gasteiger partial charge >= 0.3 is 0 Å². The molecule has 3 nitrogen and oxygen atoms in total. The van der Waals surface area contributed by atoms with Crippen LogP contribution in [0.25, 0.3) is 0 Å². The van der Waals surface area contributed by atoms with E-state index in [9.17, 15) is 0 Å². The summed E-state index contributed by atoms with van der Waals surface area (Å²) in [5.74, 6) is 0.852. The van der Waals surface area contributed by atoms with Gasteiger partial charge in [0, 0.05) is 14.1 Å². The number of benzene rings is 1. The van der Waals surface area contributed by atoms with Gasteiger partial charge in [-0.2, -0.15) is 0 Å². The molecule has 0 heterocycles. The number of unbranched alkanes of at least 4 members (excludes halogenated alkanes) is 1. The normalized spacial score (nSPS) is 9.82. The highest BCUT2D eigenvalue weighted by Crippen LogP contribution is 2.24. The van der Waals surface area contributed by atoms with E-state index >= 15 is 0 Å². The van der Waals surface area contributed by atoms with Gasteiger partial charge in [-0.1, -0.05) is 25.5 Å². The van der Waals surface area contributed by atoms with Gasteiger partial charge < -0.3 is 15.0 Å². The summed E-state index contributed by atoms with van der Waals surface area (Å²) < 4.78 is 5.72. The zero-order valence-electron chi connectivity index (χ0n) is 10.7. The summed E-state index contributed by atoms with van der Waals surface area (Å²) in [5, 5.41) is 3.85. The smallest absolute Gasteiger partial charge is 0.172 e.